The summed E-state index contributed by atoms with van der Waals surface area (Å²) in [7, 11) is -0.914. The van der Waals surface area contributed by atoms with Crippen molar-refractivity contribution in [3.05, 3.63) is 35.9 Å². The molecule has 0 aliphatic heterocycles. The van der Waals surface area contributed by atoms with Crippen molar-refractivity contribution in [3.8, 4) is 0 Å². The van der Waals surface area contributed by atoms with E-state index in [9.17, 15) is 8.42 Å². The van der Waals surface area contributed by atoms with Gasteiger partial charge in [0.25, 0.3) is 0 Å². The Bertz CT molecular complexity index is 414. The van der Waals surface area contributed by atoms with Gasteiger partial charge in [0.05, 0.1) is 0 Å². The molecule has 0 spiro atoms. The fraction of sp³-hybridized carbons (Fsp3) is 0.538. The van der Waals surface area contributed by atoms with Gasteiger partial charge in [0, 0.05) is 18.6 Å². The predicted octanol–water partition coefficient (Wildman–Crippen LogP) is 1.81. The summed E-state index contributed by atoms with van der Waals surface area (Å²) >= 11 is 0. The molecule has 0 fully saturated rings. The molecule has 0 bridgehead atoms. The molecule has 0 aliphatic rings. The zero-order valence-electron chi connectivity index (χ0n) is 10.5. The third kappa shape index (κ3) is 5.84. The van der Waals surface area contributed by atoms with Gasteiger partial charge in [-0.2, -0.15) is 0 Å². The molecule has 1 atom stereocenters. The normalized spacial score (nSPS) is 13.5. The maximum Gasteiger partial charge on any atom is 0.147 e. The number of hydrogen-bond donors (Lipinski definition) is 1. The van der Waals surface area contributed by atoms with Crippen LogP contribution in [-0.2, 0) is 9.84 Å². The molecule has 1 aromatic rings. The van der Waals surface area contributed by atoms with Crippen LogP contribution >= 0.6 is 0 Å². The molecule has 4 heteroatoms. The van der Waals surface area contributed by atoms with Gasteiger partial charge < -0.3 is 5.32 Å². The topological polar surface area (TPSA) is 46.2 Å². The van der Waals surface area contributed by atoms with Crippen LogP contribution in [0.4, 0.5) is 0 Å². The fourth-order valence-corrected chi connectivity index (χ4v) is 2.64. The number of likely N-dealkylation sites (N-methyl/N-ethyl adjacent to an activating group) is 1. The Hall–Kier alpha value is -0.870. The molecule has 0 heterocycles. The summed E-state index contributed by atoms with van der Waals surface area (Å²) in [5.41, 5.74) is 1.27. The highest BCUT2D eigenvalue weighted by Gasteiger charge is 2.11. The molecule has 3 nitrogen and oxygen atoms in total. The smallest absolute Gasteiger partial charge is 0.147 e. The SMILES string of the molecule is CNCC(CCCS(C)(=O)=O)c1ccccc1. The van der Waals surface area contributed by atoms with Crippen LogP contribution in [0.15, 0.2) is 30.3 Å². The maximum absolute atomic E-state index is 11.1. The van der Waals surface area contributed by atoms with E-state index in [1.165, 1.54) is 11.8 Å². The van der Waals surface area contributed by atoms with Crippen molar-refractivity contribution < 1.29 is 8.42 Å². The maximum atomic E-state index is 11.1. The molecule has 0 aromatic heterocycles. The highest BCUT2D eigenvalue weighted by Crippen LogP contribution is 2.20. The molecule has 1 N–H and O–H groups in total. The van der Waals surface area contributed by atoms with Crippen molar-refractivity contribution in [2.45, 2.75) is 18.8 Å². The largest absolute Gasteiger partial charge is 0.319 e. The molecule has 0 aliphatic carbocycles. The number of sulfone groups is 1. The summed E-state index contributed by atoms with van der Waals surface area (Å²) in [6.45, 7) is 0.883. The van der Waals surface area contributed by atoms with E-state index in [-0.39, 0.29) is 5.75 Å². The molecule has 0 saturated heterocycles. The van der Waals surface area contributed by atoms with Gasteiger partial charge in [-0.3, -0.25) is 0 Å². The molecular weight excluding hydrogens is 234 g/mol. The van der Waals surface area contributed by atoms with Crippen LogP contribution in [0.1, 0.15) is 24.3 Å². The van der Waals surface area contributed by atoms with E-state index in [1.807, 2.05) is 25.2 Å². The Balaban J connectivity index is 2.56. The monoisotopic (exact) mass is 255 g/mol. The summed E-state index contributed by atoms with van der Waals surface area (Å²) in [6.07, 6.45) is 2.92. The Morgan fingerprint density at radius 1 is 1.24 bits per heavy atom. The van der Waals surface area contributed by atoms with E-state index in [0.29, 0.717) is 5.92 Å². The summed E-state index contributed by atoms with van der Waals surface area (Å²) in [5, 5.41) is 3.16. The van der Waals surface area contributed by atoms with E-state index < -0.39 is 9.84 Å². The molecule has 0 radical (unpaired) electrons. The molecule has 1 rings (SSSR count). The number of rotatable bonds is 7. The number of nitrogens with one attached hydrogen (secondary N) is 1. The molecule has 1 unspecified atom stereocenters. The second kappa shape index (κ2) is 6.77. The van der Waals surface area contributed by atoms with Gasteiger partial charge in [-0.1, -0.05) is 30.3 Å². The Morgan fingerprint density at radius 2 is 1.88 bits per heavy atom. The second-order valence-corrected chi connectivity index (χ2v) is 6.70. The van der Waals surface area contributed by atoms with E-state index >= 15 is 0 Å². The Kier molecular flexibility index (Phi) is 5.65. The molecular formula is C13H21NO2S. The van der Waals surface area contributed by atoms with Gasteiger partial charge in [0.1, 0.15) is 9.84 Å². The minimum Gasteiger partial charge on any atom is -0.319 e. The van der Waals surface area contributed by atoms with E-state index in [0.717, 1.165) is 19.4 Å². The quantitative estimate of drug-likeness (QED) is 0.808. The summed E-state index contributed by atoms with van der Waals surface area (Å²) < 4.78 is 22.2. The lowest BCUT2D eigenvalue weighted by atomic mass is 9.94. The first kappa shape index (κ1) is 14.2. The average Bonchev–Trinajstić information content (AvgIpc) is 2.27. The summed E-state index contributed by atoms with van der Waals surface area (Å²) in [5.74, 6) is 0.669. The third-order valence-electron chi connectivity index (χ3n) is 2.79. The van der Waals surface area contributed by atoms with Crippen molar-refractivity contribution in [1.82, 2.24) is 5.32 Å². The van der Waals surface area contributed by atoms with Crippen LogP contribution in [0.25, 0.3) is 0 Å². The summed E-state index contributed by atoms with van der Waals surface area (Å²) in [4.78, 5) is 0. The van der Waals surface area contributed by atoms with E-state index in [1.54, 1.807) is 0 Å². The average molecular weight is 255 g/mol. The van der Waals surface area contributed by atoms with Crippen molar-refractivity contribution in [1.29, 1.82) is 0 Å². The second-order valence-electron chi connectivity index (χ2n) is 4.44. The highest BCUT2D eigenvalue weighted by atomic mass is 32.2. The van der Waals surface area contributed by atoms with Crippen LogP contribution in [0.3, 0.4) is 0 Å². The predicted molar refractivity (Wildman–Crippen MR) is 72.1 cm³/mol. The minimum atomic E-state index is -2.84. The minimum absolute atomic E-state index is 0.278. The first-order valence-electron chi connectivity index (χ1n) is 5.90. The van der Waals surface area contributed by atoms with Gasteiger partial charge in [-0.25, -0.2) is 8.42 Å². The molecule has 96 valence electrons. The third-order valence-corrected chi connectivity index (χ3v) is 3.82. The lowest BCUT2D eigenvalue weighted by molar-refractivity contribution is 0.564. The van der Waals surface area contributed by atoms with E-state index in [4.69, 9.17) is 0 Å². The van der Waals surface area contributed by atoms with Crippen molar-refractivity contribution in [2.75, 3.05) is 25.6 Å². The van der Waals surface area contributed by atoms with Gasteiger partial charge in [0.2, 0.25) is 0 Å². The Labute approximate surface area is 104 Å². The van der Waals surface area contributed by atoms with E-state index in [2.05, 4.69) is 17.4 Å². The van der Waals surface area contributed by atoms with Gasteiger partial charge >= 0.3 is 0 Å². The molecule has 0 saturated carbocycles. The van der Waals surface area contributed by atoms with Crippen LogP contribution in [0.2, 0.25) is 0 Å². The van der Waals surface area contributed by atoms with Crippen LogP contribution in [0, 0.1) is 0 Å². The van der Waals surface area contributed by atoms with Crippen molar-refractivity contribution in [3.63, 3.8) is 0 Å². The molecule has 0 amide bonds. The standard InChI is InChI=1S/C13H21NO2S/c1-14-11-13(9-6-10-17(2,15)16)12-7-4-3-5-8-12/h3-5,7-8,13-14H,6,9-11H2,1-2H3. The van der Waals surface area contributed by atoms with Gasteiger partial charge in [-0.15, -0.1) is 0 Å². The Morgan fingerprint density at radius 3 is 2.41 bits per heavy atom. The highest BCUT2D eigenvalue weighted by molar-refractivity contribution is 7.90. The van der Waals surface area contributed by atoms with Crippen LogP contribution < -0.4 is 5.32 Å². The number of benzene rings is 1. The van der Waals surface area contributed by atoms with Crippen LogP contribution in [0.5, 0.6) is 0 Å². The first-order chi connectivity index (χ1) is 8.03. The van der Waals surface area contributed by atoms with Crippen molar-refractivity contribution >= 4 is 9.84 Å². The number of hydrogen-bond acceptors (Lipinski definition) is 3. The van der Waals surface area contributed by atoms with Crippen LogP contribution in [-0.4, -0.2) is 34.0 Å². The zero-order valence-corrected chi connectivity index (χ0v) is 11.3. The molecule has 1 aromatic carbocycles. The zero-order chi connectivity index (χ0) is 12.7. The fourth-order valence-electron chi connectivity index (χ4n) is 1.95. The lowest BCUT2D eigenvalue weighted by Crippen LogP contribution is -2.18. The van der Waals surface area contributed by atoms with Gasteiger partial charge in [0.15, 0.2) is 0 Å². The lowest BCUT2D eigenvalue weighted by Gasteiger charge is -2.16. The van der Waals surface area contributed by atoms with Gasteiger partial charge in [-0.05, 0) is 31.4 Å². The first-order valence-corrected chi connectivity index (χ1v) is 7.96. The molecule has 17 heavy (non-hydrogen) atoms. The van der Waals surface area contributed by atoms with Crippen molar-refractivity contribution in [2.24, 2.45) is 0 Å². The summed E-state index contributed by atoms with van der Waals surface area (Å²) in [6, 6.07) is 10.2.